The third-order valence-corrected chi connectivity index (χ3v) is 3.90. The van der Waals surface area contributed by atoms with E-state index in [2.05, 4.69) is 27.5 Å². The van der Waals surface area contributed by atoms with E-state index in [0.717, 1.165) is 30.6 Å². The van der Waals surface area contributed by atoms with Gasteiger partial charge >= 0.3 is 0 Å². The van der Waals surface area contributed by atoms with Crippen molar-refractivity contribution in [3.63, 3.8) is 0 Å². The molecule has 128 valence electrons. The third-order valence-electron chi connectivity index (χ3n) is 3.90. The van der Waals surface area contributed by atoms with Crippen molar-refractivity contribution in [1.29, 1.82) is 0 Å². The zero-order valence-electron chi connectivity index (χ0n) is 14.2. The van der Waals surface area contributed by atoms with Gasteiger partial charge in [0.15, 0.2) is 5.96 Å². The number of nitrogens with two attached hydrogens (primary N) is 1. The number of aliphatic imine (C=N–C) groups is 1. The van der Waals surface area contributed by atoms with Gasteiger partial charge in [-0.3, -0.25) is 4.99 Å². The lowest BCUT2D eigenvalue weighted by Crippen LogP contribution is -2.33. The number of rotatable bonds is 7. The Kier molecular flexibility index (Phi) is 5.82. The average molecular weight is 333 g/mol. The highest BCUT2D eigenvalue weighted by molar-refractivity contribution is 5.77. The second kappa shape index (κ2) is 8.68. The Morgan fingerprint density at radius 3 is 2.44 bits per heavy atom. The summed E-state index contributed by atoms with van der Waals surface area (Å²) in [7, 11) is 0. The summed E-state index contributed by atoms with van der Waals surface area (Å²) in [5.41, 5.74) is 9.41. The van der Waals surface area contributed by atoms with Crippen LogP contribution in [0.3, 0.4) is 0 Å². The van der Waals surface area contributed by atoms with E-state index in [4.69, 9.17) is 5.73 Å². The monoisotopic (exact) mass is 333 g/mol. The number of nitrogens with one attached hydrogen (secondary N) is 1. The summed E-state index contributed by atoms with van der Waals surface area (Å²) in [5.74, 6) is 0.492. The Hall–Kier alpha value is -3.08. The Balaban J connectivity index is 1.42. The Morgan fingerprint density at radius 1 is 0.960 bits per heavy atom. The number of nitrogens with zero attached hydrogens (tertiary/aromatic N) is 3. The predicted octanol–water partition coefficient (Wildman–Crippen LogP) is 2.56. The zero-order valence-corrected chi connectivity index (χ0v) is 14.2. The molecule has 0 atom stereocenters. The minimum atomic E-state index is 0.492. The van der Waals surface area contributed by atoms with E-state index in [-0.39, 0.29) is 0 Å². The van der Waals surface area contributed by atoms with Gasteiger partial charge in [-0.1, -0.05) is 48.5 Å². The molecule has 0 spiro atoms. The lowest BCUT2D eigenvalue weighted by molar-refractivity contribution is 0.842. The molecule has 3 aromatic rings. The number of benzene rings is 2. The fourth-order valence-corrected chi connectivity index (χ4v) is 2.55. The zero-order chi connectivity index (χ0) is 17.3. The largest absolute Gasteiger partial charge is 0.370 e. The number of hydrogen-bond acceptors (Lipinski definition) is 2. The van der Waals surface area contributed by atoms with Crippen LogP contribution in [0.1, 0.15) is 11.1 Å². The molecule has 5 nitrogen and oxygen atoms in total. The van der Waals surface area contributed by atoms with Gasteiger partial charge in [0.2, 0.25) is 0 Å². The van der Waals surface area contributed by atoms with Crippen LogP contribution in [-0.2, 0) is 12.8 Å². The minimum Gasteiger partial charge on any atom is -0.370 e. The third kappa shape index (κ3) is 5.21. The molecular weight excluding hydrogens is 310 g/mol. The van der Waals surface area contributed by atoms with E-state index in [9.17, 15) is 0 Å². The summed E-state index contributed by atoms with van der Waals surface area (Å²) < 4.78 is 1.88. The fourth-order valence-electron chi connectivity index (χ4n) is 2.55. The van der Waals surface area contributed by atoms with E-state index < -0.39 is 0 Å². The number of hydrogen-bond donors (Lipinski definition) is 2. The van der Waals surface area contributed by atoms with E-state index >= 15 is 0 Å². The summed E-state index contributed by atoms with van der Waals surface area (Å²) in [4.78, 5) is 4.37. The predicted molar refractivity (Wildman–Crippen MR) is 102 cm³/mol. The maximum atomic E-state index is 5.92. The molecule has 0 radical (unpaired) electrons. The van der Waals surface area contributed by atoms with E-state index in [1.54, 1.807) is 0 Å². The molecule has 25 heavy (non-hydrogen) atoms. The summed E-state index contributed by atoms with van der Waals surface area (Å²) >= 11 is 0. The lowest BCUT2D eigenvalue weighted by atomic mass is 10.2. The Bertz CT molecular complexity index is 793. The quantitative estimate of drug-likeness (QED) is 0.516. The highest BCUT2D eigenvalue weighted by Gasteiger charge is 2.01. The van der Waals surface area contributed by atoms with Crippen molar-refractivity contribution >= 4 is 5.96 Å². The van der Waals surface area contributed by atoms with Gasteiger partial charge in [0.25, 0.3) is 0 Å². The molecule has 0 aliphatic carbocycles. The normalized spacial score (nSPS) is 11.4. The van der Waals surface area contributed by atoms with Crippen LogP contribution in [0.2, 0.25) is 0 Å². The van der Waals surface area contributed by atoms with Crippen LogP contribution in [-0.4, -0.2) is 28.8 Å². The fraction of sp³-hybridized carbons (Fsp3) is 0.200. The summed E-state index contributed by atoms with van der Waals surface area (Å²) in [5, 5.41) is 7.55. The topological polar surface area (TPSA) is 68.2 Å². The molecule has 0 fully saturated rings. The molecule has 5 heteroatoms. The van der Waals surface area contributed by atoms with Gasteiger partial charge in [-0.15, -0.1) is 0 Å². The van der Waals surface area contributed by atoms with Crippen molar-refractivity contribution in [3.05, 3.63) is 84.2 Å². The Morgan fingerprint density at radius 2 is 1.68 bits per heavy atom. The van der Waals surface area contributed by atoms with E-state index in [1.165, 1.54) is 5.56 Å². The molecular formula is C20H23N5. The molecule has 0 saturated heterocycles. The van der Waals surface area contributed by atoms with E-state index in [1.807, 2.05) is 65.6 Å². The summed E-state index contributed by atoms with van der Waals surface area (Å²) in [6, 6.07) is 20.4. The molecule has 0 bridgehead atoms. The van der Waals surface area contributed by atoms with Crippen LogP contribution in [0.25, 0.3) is 5.69 Å². The number of aromatic nitrogens is 2. The lowest BCUT2D eigenvalue weighted by Gasteiger charge is -2.05. The van der Waals surface area contributed by atoms with Gasteiger partial charge in [-0.25, -0.2) is 4.68 Å². The second-order valence-corrected chi connectivity index (χ2v) is 5.81. The maximum Gasteiger partial charge on any atom is 0.188 e. The average Bonchev–Trinajstić information content (AvgIpc) is 3.12. The van der Waals surface area contributed by atoms with Crippen LogP contribution in [0.5, 0.6) is 0 Å². The molecule has 1 aromatic heterocycles. The van der Waals surface area contributed by atoms with Crippen molar-refractivity contribution in [2.75, 3.05) is 13.1 Å². The highest BCUT2D eigenvalue weighted by atomic mass is 15.3. The standard InChI is InChI=1S/C20H23N5/c21-20(22-13-11-17-7-3-1-4-8-17)23-14-12-18-15-24-25(16-18)19-9-5-2-6-10-19/h1-10,15-16H,11-14H2,(H3,21,22,23). The second-order valence-electron chi connectivity index (χ2n) is 5.81. The van der Waals surface area contributed by atoms with Crippen LogP contribution < -0.4 is 11.1 Å². The van der Waals surface area contributed by atoms with Crippen molar-refractivity contribution < 1.29 is 0 Å². The smallest absolute Gasteiger partial charge is 0.188 e. The first kappa shape index (κ1) is 16.8. The van der Waals surface area contributed by atoms with Gasteiger partial charge < -0.3 is 11.1 Å². The molecule has 1 heterocycles. The summed E-state index contributed by atoms with van der Waals surface area (Å²) in [6.07, 6.45) is 5.67. The molecule has 3 rings (SSSR count). The van der Waals surface area contributed by atoms with Crippen molar-refractivity contribution in [1.82, 2.24) is 15.1 Å². The minimum absolute atomic E-state index is 0.492. The first-order valence-electron chi connectivity index (χ1n) is 8.48. The van der Waals surface area contributed by atoms with Crippen LogP contribution in [0.15, 0.2) is 78.0 Å². The molecule has 0 amide bonds. The van der Waals surface area contributed by atoms with Crippen LogP contribution in [0, 0.1) is 0 Å². The number of guanidine groups is 1. The maximum absolute atomic E-state index is 5.92. The number of para-hydroxylation sites is 1. The van der Waals surface area contributed by atoms with Crippen molar-refractivity contribution in [2.45, 2.75) is 12.8 Å². The first-order valence-corrected chi connectivity index (χ1v) is 8.48. The molecule has 0 saturated carbocycles. The van der Waals surface area contributed by atoms with Gasteiger partial charge in [-0.05, 0) is 36.1 Å². The van der Waals surface area contributed by atoms with Crippen molar-refractivity contribution in [2.24, 2.45) is 10.7 Å². The highest BCUT2D eigenvalue weighted by Crippen LogP contribution is 2.07. The summed E-state index contributed by atoms with van der Waals surface area (Å²) in [6.45, 7) is 1.43. The van der Waals surface area contributed by atoms with Crippen molar-refractivity contribution in [3.8, 4) is 5.69 Å². The van der Waals surface area contributed by atoms with Gasteiger partial charge in [0.1, 0.15) is 0 Å². The molecule has 3 N–H and O–H groups in total. The first-order chi connectivity index (χ1) is 12.3. The molecule has 0 aliphatic rings. The van der Waals surface area contributed by atoms with Gasteiger partial charge in [-0.2, -0.15) is 5.10 Å². The van der Waals surface area contributed by atoms with Gasteiger partial charge in [0.05, 0.1) is 11.9 Å². The van der Waals surface area contributed by atoms with E-state index in [0.29, 0.717) is 12.5 Å². The van der Waals surface area contributed by atoms with Crippen LogP contribution in [0.4, 0.5) is 0 Å². The van der Waals surface area contributed by atoms with Gasteiger partial charge in [0, 0.05) is 19.3 Å². The molecule has 0 aliphatic heterocycles. The SMILES string of the molecule is NC(=NCCc1ccccc1)NCCc1cnn(-c2ccccc2)c1. The van der Waals surface area contributed by atoms with Crippen LogP contribution >= 0.6 is 0 Å². The molecule has 2 aromatic carbocycles. The Labute approximate surface area is 148 Å². The molecule has 0 unspecified atom stereocenters.